The Balaban J connectivity index is 1.72. The van der Waals surface area contributed by atoms with Crippen molar-refractivity contribution in [2.45, 2.75) is 38.0 Å². The number of hydrogen-bond acceptors (Lipinski definition) is 6. The summed E-state index contributed by atoms with van der Waals surface area (Å²) in [5.74, 6) is 0.369. The number of hydrogen-bond donors (Lipinski definition) is 3. The van der Waals surface area contributed by atoms with Crippen LogP contribution >= 0.6 is 0 Å². The molecular formula is C21H26N2O6S. The second kappa shape index (κ2) is 8.53. The SMILES string of the molecule is CC1(C)Oc2cc(NS(C)(=O)=O)ccc2C(NC(=O)OCCc2ccccc2)C1O. The molecule has 2 aromatic rings. The van der Waals surface area contributed by atoms with Crippen molar-refractivity contribution in [2.75, 3.05) is 17.6 Å². The van der Waals surface area contributed by atoms with Gasteiger partial charge in [-0.05, 0) is 25.5 Å². The van der Waals surface area contributed by atoms with E-state index in [1.54, 1.807) is 26.0 Å². The molecule has 0 radical (unpaired) electrons. The van der Waals surface area contributed by atoms with Gasteiger partial charge in [0.1, 0.15) is 17.5 Å². The third-order valence-corrected chi connectivity index (χ3v) is 5.40. The van der Waals surface area contributed by atoms with E-state index in [2.05, 4.69) is 10.0 Å². The zero-order valence-electron chi connectivity index (χ0n) is 17.1. The first-order valence-corrected chi connectivity index (χ1v) is 11.4. The highest BCUT2D eigenvalue weighted by Crippen LogP contribution is 2.41. The maximum atomic E-state index is 12.3. The van der Waals surface area contributed by atoms with Gasteiger partial charge in [0.25, 0.3) is 0 Å². The third-order valence-electron chi connectivity index (χ3n) is 4.79. The van der Waals surface area contributed by atoms with E-state index in [1.165, 1.54) is 6.07 Å². The van der Waals surface area contributed by atoms with Gasteiger partial charge in [-0.3, -0.25) is 4.72 Å². The van der Waals surface area contributed by atoms with Gasteiger partial charge < -0.3 is 19.9 Å². The number of carbonyl (C=O) groups is 1. The van der Waals surface area contributed by atoms with Gasteiger partial charge in [0, 0.05) is 18.1 Å². The number of carbonyl (C=O) groups excluding carboxylic acids is 1. The van der Waals surface area contributed by atoms with Gasteiger partial charge in [0.15, 0.2) is 0 Å². The molecule has 0 bridgehead atoms. The van der Waals surface area contributed by atoms with Gasteiger partial charge in [0.05, 0.1) is 24.6 Å². The molecule has 0 aromatic heterocycles. The van der Waals surface area contributed by atoms with Crippen LogP contribution in [0.1, 0.15) is 31.0 Å². The van der Waals surface area contributed by atoms with Gasteiger partial charge in [-0.1, -0.05) is 36.4 Å². The first-order chi connectivity index (χ1) is 14.0. The molecule has 2 unspecified atom stereocenters. The normalized spacial score (nSPS) is 19.9. The minimum atomic E-state index is -3.45. The maximum absolute atomic E-state index is 12.3. The van der Waals surface area contributed by atoms with E-state index in [9.17, 15) is 18.3 Å². The molecule has 0 saturated carbocycles. The van der Waals surface area contributed by atoms with Crippen LogP contribution in [0.3, 0.4) is 0 Å². The lowest BCUT2D eigenvalue weighted by molar-refractivity contribution is -0.0636. The Morgan fingerprint density at radius 3 is 2.57 bits per heavy atom. The lowest BCUT2D eigenvalue weighted by atomic mass is 9.86. The van der Waals surface area contributed by atoms with Gasteiger partial charge in [-0.15, -0.1) is 0 Å². The van der Waals surface area contributed by atoms with Crippen LogP contribution in [0.4, 0.5) is 10.5 Å². The van der Waals surface area contributed by atoms with Crippen LogP contribution < -0.4 is 14.8 Å². The fourth-order valence-corrected chi connectivity index (χ4v) is 3.86. The zero-order valence-corrected chi connectivity index (χ0v) is 17.9. The molecule has 3 rings (SSSR count). The summed E-state index contributed by atoms with van der Waals surface area (Å²) in [4.78, 5) is 12.3. The minimum absolute atomic E-state index is 0.197. The van der Waals surface area contributed by atoms with Crippen molar-refractivity contribution in [1.82, 2.24) is 5.32 Å². The molecule has 8 nitrogen and oxygen atoms in total. The first kappa shape index (κ1) is 21.9. The maximum Gasteiger partial charge on any atom is 0.407 e. The number of alkyl carbamates (subject to hydrolysis) is 1. The summed E-state index contributed by atoms with van der Waals surface area (Å²) in [5.41, 5.74) is 0.890. The number of sulfonamides is 1. The quantitative estimate of drug-likeness (QED) is 0.644. The molecule has 2 aromatic carbocycles. The Bertz CT molecular complexity index is 1010. The van der Waals surface area contributed by atoms with Crippen LogP contribution in [-0.4, -0.2) is 44.2 Å². The summed E-state index contributed by atoms with van der Waals surface area (Å²) in [6.07, 6.45) is -0.0679. The second-order valence-corrected chi connectivity index (χ2v) is 9.52. The Kier molecular flexibility index (Phi) is 6.23. The molecule has 0 saturated heterocycles. The number of aliphatic hydroxyl groups is 1. The van der Waals surface area contributed by atoms with Crippen LogP contribution in [0.25, 0.3) is 0 Å². The fourth-order valence-electron chi connectivity index (χ4n) is 3.30. The number of benzene rings is 2. The summed E-state index contributed by atoms with van der Waals surface area (Å²) in [5, 5.41) is 13.4. The minimum Gasteiger partial charge on any atom is -0.485 e. The molecule has 0 spiro atoms. The molecule has 1 aliphatic heterocycles. The average Bonchev–Trinajstić information content (AvgIpc) is 2.64. The van der Waals surface area contributed by atoms with Gasteiger partial charge in [0.2, 0.25) is 10.0 Å². The van der Waals surface area contributed by atoms with E-state index in [1.807, 2.05) is 30.3 Å². The molecule has 2 atom stereocenters. The second-order valence-electron chi connectivity index (χ2n) is 7.77. The summed E-state index contributed by atoms with van der Waals surface area (Å²) < 4.78 is 36.5. The van der Waals surface area contributed by atoms with Gasteiger partial charge >= 0.3 is 6.09 Å². The predicted molar refractivity (Wildman–Crippen MR) is 113 cm³/mol. The van der Waals surface area contributed by atoms with E-state index in [4.69, 9.17) is 9.47 Å². The lowest BCUT2D eigenvalue weighted by Crippen LogP contribution is -2.53. The van der Waals surface area contributed by atoms with Crippen LogP contribution in [0.15, 0.2) is 48.5 Å². The number of amides is 1. The number of aliphatic hydroxyl groups excluding tert-OH is 1. The fraction of sp³-hybridized carbons (Fsp3) is 0.381. The highest BCUT2D eigenvalue weighted by atomic mass is 32.2. The third kappa shape index (κ3) is 5.43. The lowest BCUT2D eigenvalue weighted by Gasteiger charge is -2.42. The molecule has 1 heterocycles. The van der Waals surface area contributed by atoms with Crippen molar-refractivity contribution in [3.63, 3.8) is 0 Å². The molecule has 0 fully saturated rings. The summed E-state index contributed by atoms with van der Waals surface area (Å²) >= 11 is 0. The number of fused-ring (bicyclic) bond motifs is 1. The van der Waals surface area contributed by atoms with E-state index < -0.39 is 33.9 Å². The van der Waals surface area contributed by atoms with E-state index in [0.717, 1.165) is 11.8 Å². The topological polar surface area (TPSA) is 114 Å². The van der Waals surface area contributed by atoms with Crippen LogP contribution in [0.2, 0.25) is 0 Å². The highest BCUT2D eigenvalue weighted by Gasteiger charge is 2.44. The zero-order chi connectivity index (χ0) is 21.9. The largest absolute Gasteiger partial charge is 0.485 e. The van der Waals surface area contributed by atoms with Crippen molar-refractivity contribution in [3.05, 3.63) is 59.7 Å². The smallest absolute Gasteiger partial charge is 0.407 e. The van der Waals surface area contributed by atoms with Crippen LogP contribution in [0.5, 0.6) is 5.75 Å². The predicted octanol–water partition coefficient (Wildman–Crippen LogP) is 2.60. The van der Waals surface area contributed by atoms with Crippen LogP contribution in [0, 0.1) is 0 Å². The van der Waals surface area contributed by atoms with Crippen LogP contribution in [-0.2, 0) is 21.2 Å². The monoisotopic (exact) mass is 434 g/mol. The number of rotatable bonds is 6. The van der Waals surface area contributed by atoms with Crippen molar-refractivity contribution in [2.24, 2.45) is 0 Å². The van der Waals surface area contributed by atoms with Crippen molar-refractivity contribution < 1.29 is 27.8 Å². The van der Waals surface area contributed by atoms with Crippen molar-refractivity contribution in [3.8, 4) is 5.75 Å². The number of nitrogens with one attached hydrogen (secondary N) is 2. The molecule has 162 valence electrons. The van der Waals surface area contributed by atoms with Crippen molar-refractivity contribution >= 4 is 21.8 Å². The molecule has 1 amide bonds. The Hall–Kier alpha value is -2.78. The Morgan fingerprint density at radius 2 is 1.90 bits per heavy atom. The first-order valence-electron chi connectivity index (χ1n) is 9.51. The number of anilines is 1. The van der Waals surface area contributed by atoms with E-state index in [-0.39, 0.29) is 6.61 Å². The standard InChI is InChI=1S/C21H26N2O6S/c1-21(2)19(24)18(22-20(25)28-12-11-14-7-5-4-6-8-14)16-10-9-15(13-17(16)29-21)23-30(3,26)27/h4-10,13,18-19,23-24H,11-12H2,1-3H3,(H,22,25). The Morgan fingerprint density at radius 1 is 1.20 bits per heavy atom. The van der Waals surface area contributed by atoms with Gasteiger partial charge in [-0.2, -0.15) is 0 Å². The average molecular weight is 435 g/mol. The highest BCUT2D eigenvalue weighted by molar-refractivity contribution is 7.92. The summed E-state index contributed by atoms with van der Waals surface area (Å²) in [6, 6.07) is 13.5. The van der Waals surface area contributed by atoms with E-state index >= 15 is 0 Å². The molecular weight excluding hydrogens is 408 g/mol. The van der Waals surface area contributed by atoms with E-state index in [0.29, 0.717) is 23.4 Å². The molecule has 1 aliphatic rings. The summed E-state index contributed by atoms with van der Waals surface area (Å²) in [6.45, 7) is 3.57. The summed E-state index contributed by atoms with van der Waals surface area (Å²) in [7, 11) is -3.45. The molecule has 9 heteroatoms. The Labute approximate surface area is 176 Å². The molecule has 3 N–H and O–H groups in total. The molecule has 0 aliphatic carbocycles. The number of ether oxygens (including phenoxy) is 2. The van der Waals surface area contributed by atoms with Crippen molar-refractivity contribution in [1.29, 1.82) is 0 Å². The van der Waals surface area contributed by atoms with Gasteiger partial charge in [-0.25, -0.2) is 13.2 Å². The molecule has 30 heavy (non-hydrogen) atoms.